The predicted octanol–water partition coefficient (Wildman–Crippen LogP) is 5.99. The first kappa shape index (κ1) is 41.1. The molecule has 0 radical (unpaired) electrons. The summed E-state index contributed by atoms with van der Waals surface area (Å²) >= 11 is 0. The number of carbonyl (C=O) groups excluding carboxylic acids is 2. The van der Waals surface area contributed by atoms with Crippen LogP contribution >= 0.6 is 0 Å². The van der Waals surface area contributed by atoms with E-state index in [4.69, 9.17) is 9.47 Å². The third-order valence-corrected chi connectivity index (χ3v) is 11.7. The number of amides is 2. The molecule has 0 saturated carbocycles. The Labute approximate surface area is 321 Å². The number of rotatable bonds is 19. The van der Waals surface area contributed by atoms with Crippen LogP contribution in [0, 0.1) is 25.2 Å². The first-order chi connectivity index (χ1) is 26.1. The molecule has 2 bridgehead atoms. The number of hydrazine groups is 1. The first-order valence-electron chi connectivity index (χ1n) is 20.1. The van der Waals surface area contributed by atoms with Gasteiger partial charge >= 0.3 is 0 Å². The molecule has 6 N–H and O–H groups in total. The number of nitrogens with one attached hydrogen (secondary N) is 4. The molecule has 5 rings (SSSR count). The number of hydrogen-bond donors (Lipinski definition) is 6. The number of unbranched alkanes of at least 4 members (excludes halogenated alkanes) is 10. The van der Waals surface area contributed by atoms with Gasteiger partial charge in [0, 0.05) is 36.2 Å². The largest absolute Gasteiger partial charge is 0.504 e. The van der Waals surface area contributed by atoms with Gasteiger partial charge in [-0.1, -0.05) is 83.3 Å². The number of piperazine rings is 1. The molecule has 2 aromatic carbocycles. The molecule has 0 aromatic heterocycles. The minimum Gasteiger partial charge on any atom is -0.504 e. The maximum Gasteiger partial charge on any atom is 0.238 e. The molecule has 0 spiro atoms. The molecule has 0 aliphatic carbocycles. The fraction of sp³-hybridized carbons (Fsp3) is 0.643. The van der Waals surface area contributed by atoms with E-state index in [1.54, 1.807) is 14.0 Å². The lowest BCUT2D eigenvalue weighted by Crippen LogP contribution is -2.68. The smallest absolute Gasteiger partial charge is 0.238 e. The predicted molar refractivity (Wildman–Crippen MR) is 208 cm³/mol. The standard InChI is InChI=1S/C42H62N6O6/c1-7-8-9-10-11-12-13-14-15-16-17-18-34(49)47-46-27(4)42(52)44-24-33-35-29(20-26(3)40(53-5)38(35)50)22-31-37-36-28(19-25(2)41(54-6)39(36)51)21-30(45-37)32(23-43)48(31)33/h19-20,27,30-33,37,45-46,50-51H,7-18,21-22,24H2,1-6H3,(H,44,52)(H,47,49)/t27-,30-,31-,32-,33-,37-/m0/s1. The molecule has 0 unspecified atom stereocenters. The fourth-order valence-corrected chi connectivity index (χ4v) is 9.01. The van der Waals surface area contributed by atoms with Crippen LogP contribution in [0.25, 0.3) is 0 Å². The van der Waals surface area contributed by atoms with E-state index in [-0.39, 0.29) is 48.0 Å². The maximum absolute atomic E-state index is 13.5. The minimum atomic E-state index is -0.736. The van der Waals surface area contributed by atoms with Crippen LogP contribution in [-0.2, 0) is 22.4 Å². The Balaban J connectivity index is 1.24. The molecule has 12 nitrogen and oxygen atoms in total. The molecular formula is C42H62N6O6. The second-order valence-electron chi connectivity index (χ2n) is 15.5. The Morgan fingerprint density at radius 2 is 1.46 bits per heavy atom. The third-order valence-electron chi connectivity index (χ3n) is 11.7. The van der Waals surface area contributed by atoms with E-state index in [9.17, 15) is 25.1 Å². The van der Waals surface area contributed by atoms with Gasteiger partial charge in [-0.05, 0) is 62.3 Å². The van der Waals surface area contributed by atoms with E-state index in [0.29, 0.717) is 36.3 Å². The van der Waals surface area contributed by atoms with E-state index >= 15 is 0 Å². The van der Waals surface area contributed by atoms with Crippen molar-refractivity contribution >= 4 is 11.8 Å². The zero-order chi connectivity index (χ0) is 38.9. The van der Waals surface area contributed by atoms with Crippen molar-refractivity contribution in [3.05, 3.63) is 45.5 Å². The van der Waals surface area contributed by atoms with Gasteiger partial charge in [-0.3, -0.25) is 19.9 Å². The fourth-order valence-electron chi connectivity index (χ4n) is 9.01. The lowest BCUT2D eigenvalue weighted by molar-refractivity contribution is -0.125. The van der Waals surface area contributed by atoms with Crippen LogP contribution in [0.5, 0.6) is 23.0 Å². The van der Waals surface area contributed by atoms with Crippen molar-refractivity contribution in [2.24, 2.45) is 0 Å². The van der Waals surface area contributed by atoms with Gasteiger partial charge in [0.15, 0.2) is 23.0 Å². The molecule has 2 aromatic rings. The van der Waals surface area contributed by atoms with Crippen LogP contribution in [0.3, 0.4) is 0 Å². The van der Waals surface area contributed by atoms with Crippen molar-refractivity contribution in [2.75, 3.05) is 20.8 Å². The van der Waals surface area contributed by atoms with E-state index < -0.39 is 18.1 Å². The average Bonchev–Trinajstić information content (AvgIpc) is 3.15. The van der Waals surface area contributed by atoms with Gasteiger partial charge in [0.25, 0.3) is 0 Å². The number of nitrogens with zero attached hydrogens (tertiary/aromatic N) is 2. The zero-order valence-electron chi connectivity index (χ0n) is 33.1. The second kappa shape index (κ2) is 19.0. The number of aromatic hydroxyl groups is 2. The van der Waals surface area contributed by atoms with Crippen molar-refractivity contribution < 1.29 is 29.3 Å². The van der Waals surface area contributed by atoms with E-state index in [1.807, 2.05) is 26.0 Å². The summed E-state index contributed by atoms with van der Waals surface area (Å²) < 4.78 is 11.2. The van der Waals surface area contributed by atoms with Crippen LogP contribution in [0.15, 0.2) is 12.1 Å². The lowest BCUT2D eigenvalue weighted by atomic mass is 9.73. The first-order valence-corrected chi connectivity index (χ1v) is 20.1. The maximum atomic E-state index is 13.5. The van der Waals surface area contributed by atoms with E-state index in [1.165, 1.54) is 58.5 Å². The molecule has 296 valence electrons. The van der Waals surface area contributed by atoms with Gasteiger partial charge in [-0.15, -0.1) is 0 Å². The monoisotopic (exact) mass is 746 g/mol. The third kappa shape index (κ3) is 8.90. The number of benzene rings is 2. The molecule has 1 saturated heterocycles. The average molecular weight is 747 g/mol. The summed E-state index contributed by atoms with van der Waals surface area (Å²) in [6, 6.07) is 3.75. The molecule has 2 amide bonds. The summed E-state index contributed by atoms with van der Waals surface area (Å²) in [6.07, 6.45) is 14.7. The molecule has 3 aliphatic heterocycles. The van der Waals surface area contributed by atoms with Crippen LogP contribution in [-0.4, -0.2) is 71.9 Å². The highest BCUT2D eigenvalue weighted by molar-refractivity contribution is 5.82. The van der Waals surface area contributed by atoms with Gasteiger partial charge in [0.1, 0.15) is 12.1 Å². The molecule has 54 heavy (non-hydrogen) atoms. The Bertz CT molecular complexity index is 1680. The Morgan fingerprint density at radius 1 is 0.907 bits per heavy atom. The number of nitriles is 1. The van der Waals surface area contributed by atoms with Crippen LogP contribution in [0.4, 0.5) is 0 Å². The van der Waals surface area contributed by atoms with E-state index in [0.717, 1.165) is 47.1 Å². The van der Waals surface area contributed by atoms with Crippen molar-refractivity contribution in [3.8, 4) is 29.1 Å². The Kier molecular flexibility index (Phi) is 14.5. The number of fused-ring (bicyclic) bond motifs is 7. The highest BCUT2D eigenvalue weighted by Gasteiger charge is 2.53. The topological polar surface area (TPSA) is 168 Å². The van der Waals surface area contributed by atoms with Crippen molar-refractivity contribution in [1.82, 2.24) is 26.4 Å². The molecule has 1 fully saturated rings. The Morgan fingerprint density at radius 3 is 2.04 bits per heavy atom. The summed E-state index contributed by atoms with van der Waals surface area (Å²) in [5.74, 6) is 0.376. The zero-order valence-corrected chi connectivity index (χ0v) is 33.1. The quantitative estimate of drug-likeness (QED) is 0.0743. The SMILES string of the molecule is CCCCCCCCCCCCCC(=O)NN[C@@H](C)C(=O)NC[C@H]1c2c(cc(C)c(OC)c2O)C[C@H]2[C@@H]3N[C@@H](Cc4cc(C)c(OC)c(O)c43)[C@H](C#N)N12. The van der Waals surface area contributed by atoms with E-state index in [2.05, 4.69) is 39.4 Å². The van der Waals surface area contributed by atoms with Crippen LogP contribution in [0.2, 0.25) is 0 Å². The summed E-state index contributed by atoms with van der Waals surface area (Å²) in [6.45, 7) is 7.79. The molecular weight excluding hydrogens is 684 g/mol. The van der Waals surface area contributed by atoms with Crippen LogP contribution in [0.1, 0.15) is 136 Å². The second-order valence-corrected chi connectivity index (χ2v) is 15.5. The van der Waals surface area contributed by atoms with Gasteiger partial charge in [-0.25, -0.2) is 5.43 Å². The number of methoxy groups -OCH3 is 2. The lowest BCUT2D eigenvalue weighted by Gasteiger charge is -2.56. The number of hydrogen-bond acceptors (Lipinski definition) is 10. The Hall–Kier alpha value is -4.05. The number of phenolic OH excluding ortho intramolecular Hbond substituents is 2. The number of ether oxygens (including phenoxy) is 2. The summed E-state index contributed by atoms with van der Waals surface area (Å²) in [7, 11) is 3.06. The molecule has 6 atom stereocenters. The van der Waals surface area contributed by atoms with Gasteiger partial charge in [0.05, 0.1) is 32.4 Å². The van der Waals surface area contributed by atoms with Gasteiger partial charge in [0.2, 0.25) is 11.8 Å². The summed E-state index contributed by atoms with van der Waals surface area (Å²) in [4.78, 5) is 28.2. The number of aryl methyl sites for hydroxylation is 2. The normalized spacial score (nSPS) is 21.9. The molecule has 3 heterocycles. The summed E-state index contributed by atoms with van der Waals surface area (Å²) in [5, 5.41) is 40.6. The van der Waals surface area contributed by atoms with Crippen molar-refractivity contribution in [3.63, 3.8) is 0 Å². The number of carbonyl (C=O) groups is 2. The highest BCUT2D eigenvalue weighted by Crippen LogP contribution is 2.53. The van der Waals surface area contributed by atoms with Crippen molar-refractivity contribution in [1.29, 1.82) is 5.26 Å². The highest BCUT2D eigenvalue weighted by atomic mass is 16.5. The number of phenols is 2. The van der Waals surface area contributed by atoms with Crippen molar-refractivity contribution in [2.45, 2.75) is 154 Å². The van der Waals surface area contributed by atoms with Crippen LogP contribution < -0.4 is 31.0 Å². The molecule has 12 heteroatoms. The minimum absolute atomic E-state index is 0.00744. The molecule has 3 aliphatic rings. The van der Waals surface area contributed by atoms with Gasteiger partial charge < -0.3 is 30.3 Å². The summed E-state index contributed by atoms with van der Waals surface area (Å²) in [5.41, 5.74) is 10.4. The van der Waals surface area contributed by atoms with Gasteiger partial charge in [-0.2, -0.15) is 5.26 Å².